The maximum Gasteiger partial charge on any atom is 0.192 e. The number of ether oxygens (including phenoxy) is 3. The van der Waals surface area contributed by atoms with E-state index in [1.165, 1.54) is 0 Å². The van der Waals surface area contributed by atoms with Crippen LogP contribution in [0.5, 0.6) is 5.75 Å². The van der Waals surface area contributed by atoms with Crippen LogP contribution in [0.1, 0.15) is 54.7 Å². The Hall–Kier alpha value is -2.44. The highest BCUT2D eigenvalue weighted by Gasteiger charge is 2.28. The van der Waals surface area contributed by atoms with Crippen LogP contribution in [-0.4, -0.2) is 37.8 Å². The van der Waals surface area contributed by atoms with Gasteiger partial charge in [0, 0.05) is 56.2 Å². The summed E-state index contributed by atoms with van der Waals surface area (Å²) in [6, 6.07) is 5.90. The Bertz CT molecular complexity index is 947. The van der Waals surface area contributed by atoms with Gasteiger partial charge in [-0.1, -0.05) is 13.8 Å². The third kappa shape index (κ3) is 4.65. The lowest BCUT2D eigenvalue weighted by molar-refractivity contribution is 0.112. The van der Waals surface area contributed by atoms with Crippen molar-refractivity contribution < 1.29 is 19.0 Å². The lowest BCUT2D eigenvalue weighted by Gasteiger charge is -2.34. The van der Waals surface area contributed by atoms with E-state index in [1.54, 1.807) is 19.4 Å². The minimum atomic E-state index is -0.252. The summed E-state index contributed by atoms with van der Waals surface area (Å²) < 4.78 is 18.9. The van der Waals surface area contributed by atoms with Crippen LogP contribution in [0.3, 0.4) is 0 Å². The highest BCUT2D eigenvalue weighted by atomic mass is 16.5. The quantitative estimate of drug-likeness (QED) is 0.435. The zero-order valence-corrected chi connectivity index (χ0v) is 18.3. The number of rotatable bonds is 10. The second-order valence-electron chi connectivity index (χ2n) is 7.97. The number of aldehydes is 1. The SMILES string of the molecule is CCOCc1cc2c(cc1OCCCOC)CC(C(C)C)n1cc(C=O)c(=O)cc1-2. The summed E-state index contributed by atoms with van der Waals surface area (Å²) in [6.07, 6.45) is 3.96. The molecule has 3 rings (SSSR count). The van der Waals surface area contributed by atoms with Crippen molar-refractivity contribution in [3.05, 3.63) is 51.3 Å². The highest BCUT2D eigenvalue weighted by Crippen LogP contribution is 2.40. The molecule has 30 heavy (non-hydrogen) atoms. The molecule has 0 bridgehead atoms. The molecule has 0 spiro atoms. The summed E-state index contributed by atoms with van der Waals surface area (Å²) in [5.41, 5.74) is 3.89. The number of fused-ring (bicyclic) bond motifs is 3. The molecule has 1 aromatic heterocycles. The van der Waals surface area contributed by atoms with E-state index in [4.69, 9.17) is 14.2 Å². The Balaban J connectivity index is 2.09. The first kappa shape index (κ1) is 22.2. The molecule has 1 atom stereocenters. The lowest BCUT2D eigenvalue weighted by atomic mass is 9.86. The van der Waals surface area contributed by atoms with Crippen LogP contribution in [-0.2, 0) is 22.5 Å². The van der Waals surface area contributed by atoms with E-state index in [2.05, 4.69) is 30.5 Å². The van der Waals surface area contributed by atoms with Gasteiger partial charge in [0.05, 0.1) is 24.5 Å². The van der Waals surface area contributed by atoms with Gasteiger partial charge in [-0.25, -0.2) is 0 Å². The number of aromatic nitrogens is 1. The number of pyridine rings is 1. The van der Waals surface area contributed by atoms with E-state index in [0.29, 0.717) is 38.6 Å². The fraction of sp³-hybridized carbons (Fsp3) is 0.500. The van der Waals surface area contributed by atoms with Crippen molar-refractivity contribution in [1.82, 2.24) is 4.57 Å². The molecular weight excluding hydrogens is 382 g/mol. The Kier molecular flexibility index (Phi) is 7.45. The van der Waals surface area contributed by atoms with Gasteiger partial charge in [0.25, 0.3) is 0 Å². The molecule has 0 radical (unpaired) electrons. The molecule has 1 unspecified atom stereocenters. The second-order valence-corrected chi connectivity index (χ2v) is 7.97. The van der Waals surface area contributed by atoms with Gasteiger partial charge >= 0.3 is 0 Å². The van der Waals surface area contributed by atoms with Crippen molar-refractivity contribution in [2.45, 2.75) is 46.3 Å². The summed E-state index contributed by atoms with van der Waals surface area (Å²) in [5.74, 6) is 1.16. The van der Waals surface area contributed by atoms with Crippen molar-refractivity contribution in [2.75, 3.05) is 26.9 Å². The zero-order valence-electron chi connectivity index (χ0n) is 18.3. The molecule has 1 aliphatic rings. The molecule has 0 aliphatic carbocycles. The molecule has 0 saturated heterocycles. The fourth-order valence-electron chi connectivity index (χ4n) is 3.94. The predicted molar refractivity (Wildman–Crippen MR) is 116 cm³/mol. The van der Waals surface area contributed by atoms with E-state index in [-0.39, 0.29) is 17.0 Å². The van der Waals surface area contributed by atoms with Crippen molar-refractivity contribution >= 4 is 6.29 Å². The molecule has 6 nitrogen and oxygen atoms in total. The van der Waals surface area contributed by atoms with Gasteiger partial charge in [-0.15, -0.1) is 0 Å². The van der Waals surface area contributed by atoms with Crippen molar-refractivity contribution in [2.24, 2.45) is 5.92 Å². The Morgan fingerprint density at radius 1 is 1.23 bits per heavy atom. The smallest absolute Gasteiger partial charge is 0.192 e. The van der Waals surface area contributed by atoms with Gasteiger partial charge in [0.1, 0.15) is 5.75 Å². The maximum absolute atomic E-state index is 12.4. The minimum Gasteiger partial charge on any atom is -0.493 e. The number of carbonyl (C=O) groups is 1. The number of hydrogen-bond acceptors (Lipinski definition) is 5. The minimum absolute atomic E-state index is 0.158. The van der Waals surface area contributed by atoms with E-state index >= 15 is 0 Å². The normalized spacial score (nSPS) is 15.0. The predicted octanol–water partition coefficient (Wildman–Crippen LogP) is 4.03. The van der Waals surface area contributed by atoms with E-state index in [0.717, 1.165) is 41.0 Å². The average molecular weight is 414 g/mol. The molecule has 2 aromatic rings. The van der Waals surface area contributed by atoms with Gasteiger partial charge < -0.3 is 18.8 Å². The summed E-state index contributed by atoms with van der Waals surface area (Å²) in [5, 5.41) is 0. The zero-order chi connectivity index (χ0) is 21.7. The molecule has 0 N–H and O–H groups in total. The number of methoxy groups -OCH3 is 1. The van der Waals surface area contributed by atoms with Crippen LogP contribution in [0, 0.1) is 5.92 Å². The Morgan fingerprint density at radius 3 is 2.70 bits per heavy atom. The number of nitrogens with zero attached hydrogens (tertiary/aromatic N) is 1. The molecule has 2 heterocycles. The van der Waals surface area contributed by atoms with Crippen molar-refractivity contribution in [3.63, 3.8) is 0 Å². The van der Waals surface area contributed by atoms with Crippen LogP contribution in [0.15, 0.2) is 29.2 Å². The summed E-state index contributed by atoms with van der Waals surface area (Å²) in [4.78, 5) is 23.8. The highest BCUT2D eigenvalue weighted by molar-refractivity contribution is 5.77. The molecule has 6 heteroatoms. The van der Waals surface area contributed by atoms with Crippen LogP contribution in [0.2, 0.25) is 0 Å². The molecule has 162 valence electrons. The lowest BCUT2D eigenvalue weighted by Crippen LogP contribution is -2.27. The second kappa shape index (κ2) is 10.0. The molecule has 0 saturated carbocycles. The summed E-state index contributed by atoms with van der Waals surface area (Å²) in [6.45, 7) is 8.53. The first-order valence-corrected chi connectivity index (χ1v) is 10.6. The van der Waals surface area contributed by atoms with E-state index < -0.39 is 0 Å². The topological polar surface area (TPSA) is 66.8 Å². The molecule has 1 aliphatic heterocycles. The van der Waals surface area contributed by atoms with Gasteiger partial charge in [0.2, 0.25) is 0 Å². The monoisotopic (exact) mass is 413 g/mol. The summed E-state index contributed by atoms with van der Waals surface area (Å²) >= 11 is 0. The molecular formula is C24H31NO5. The third-order valence-corrected chi connectivity index (χ3v) is 5.57. The third-order valence-electron chi connectivity index (χ3n) is 5.57. The number of benzene rings is 1. The molecule has 1 aromatic carbocycles. The maximum atomic E-state index is 12.4. The van der Waals surface area contributed by atoms with Crippen molar-refractivity contribution in [1.29, 1.82) is 0 Å². The van der Waals surface area contributed by atoms with Gasteiger partial charge in [0.15, 0.2) is 11.7 Å². The number of hydrogen-bond donors (Lipinski definition) is 0. The first-order chi connectivity index (χ1) is 14.5. The molecule has 0 fully saturated rings. The van der Waals surface area contributed by atoms with E-state index in [1.807, 2.05) is 6.92 Å². The Morgan fingerprint density at radius 2 is 2.03 bits per heavy atom. The standard InChI is InChI=1S/C24H31NO5/c1-5-29-15-18-9-20-17(11-24(18)30-8-6-7-28-4)10-21(16(2)3)25-13-19(14-26)23(27)12-22(20)25/h9,11-14,16,21H,5-8,10,15H2,1-4H3. The van der Waals surface area contributed by atoms with Gasteiger partial charge in [-0.05, 0) is 37.0 Å². The summed E-state index contributed by atoms with van der Waals surface area (Å²) in [7, 11) is 1.68. The van der Waals surface area contributed by atoms with Crippen molar-refractivity contribution in [3.8, 4) is 17.0 Å². The largest absolute Gasteiger partial charge is 0.493 e. The average Bonchev–Trinajstić information content (AvgIpc) is 2.74. The number of carbonyl (C=O) groups excluding carboxylic acids is 1. The van der Waals surface area contributed by atoms with Gasteiger partial charge in [-0.3, -0.25) is 9.59 Å². The Labute approximate surface area is 177 Å². The first-order valence-electron chi connectivity index (χ1n) is 10.6. The van der Waals surface area contributed by atoms with Crippen LogP contribution < -0.4 is 10.2 Å². The van der Waals surface area contributed by atoms with Crippen LogP contribution in [0.4, 0.5) is 0 Å². The fourth-order valence-corrected chi connectivity index (χ4v) is 3.94. The van der Waals surface area contributed by atoms with Gasteiger partial charge in [-0.2, -0.15) is 0 Å². The van der Waals surface area contributed by atoms with E-state index in [9.17, 15) is 9.59 Å². The van der Waals surface area contributed by atoms with Crippen LogP contribution in [0.25, 0.3) is 11.3 Å². The molecule has 0 amide bonds. The van der Waals surface area contributed by atoms with Crippen LogP contribution >= 0.6 is 0 Å².